The van der Waals surface area contributed by atoms with Gasteiger partial charge in [0.15, 0.2) is 0 Å². The van der Waals surface area contributed by atoms with Crippen LogP contribution in [0.15, 0.2) is 24.3 Å². The molecule has 2 atom stereocenters. The van der Waals surface area contributed by atoms with Gasteiger partial charge in [0.2, 0.25) is 11.8 Å². The second kappa shape index (κ2) is 8.08. The Labute approximate surface area is 157 Å². The van der Waals surface area contributed by atoms with Crippen LogP contribution in [0.2, 0.25) is 5.02 Å². The number of hydrogen-bond acceptors (Lipinski definition) is 3. The van der Waals surface area contributed by atoms with Crippen molar-refractivity contribution in [2.75, 3.05) is 19.6 Å². The number of halogens is 1. The maximum absolute atomic E-state index is 12.4. The van der Waals surface area contributed by atoms with Crippen LogP contribution >= 0.6 is 11.6 Å². The minimum absolute atomic E-state index is 0.0617. The molecule has 6 nitrogen and oxygen atoms in total. The molecule has 0 unspecified atom stereocenters. The minimum atomic E-state index is -0.892. The molecule has 3 rings (SSSR count). The number of nitrogens with zero attached hydrogens (tertiary/aromatic N) is 1. The standard InChI is InChI=1S/C19H23ClN2O4/c20-14-7-5-12(6-8-14)15-10-22(11-16(15)19(25)26)17(23)2-1-9-21-18(24)13-3-4-13/h5-8,13,15-16H,1-4,9-11H2,(H,21,24)(H,25,26)/t15-,16+/m0/s1. The van der Waals surface area contributed by atoms with Gasteiger partial charge in [-0.3, -0.25) is 14.4 Å². The van der Waals surface area contributed by atoms with Crippen molar-refractivity contribution in [1.29, 1.82) is 0 Å². The number of hydrogen-bond donors (Lipinski definition) is 2. The predicted molar refractivity (Wildman–Crippen MR) is 96.9 cm³/mol. The monoisotopic (exact) mass is 378 g/mol. The summed E-state index contributed by atoms with van der Waals surface area (Å²) in [6, 6.07) is 7.13. The lowest BCUT2D eigenvalue weighted by molar-refractivity contribution is -0.142. The highest BCUT2D eigenvalue weighted by Crippen LogP contribution is 2.34. The molecule has 0 radical (unpaired) electrons. The van der Waals surface area contributed by atoms with E-state index in [0.717, 1.165) is 18.4 Å². The molecule has 1 saturated heterocycles. The molecule has 1 aromatic rings. The third-order valence-corrected chi connectivity index (χ3v) is 5.35. The summed E-state index contributed by atoms with van der Waals surface area (Å²) in [5.41, 5.74) is 0.883. The van der Waals surface area contributed by atoms with E-state index in [0.29, 0.717) is 31.0 Å². The van der Waals surface area contributed by atoms with Gasteiger partial charge in [-0.25, -0.2) is 0 Å². The topological polar surface area (TPSA) is 86.7 Å². The Balaban J connectivity index is 1.52. The fourth-order valence-electron chi connectivity index (χ4n) is 3.40. The molecule has 1 saturated carbocycles. The fraction of sp³-hybridized carbons (Fsp3) is 0.526. The highest BCUT2D eigenvalue weighted by atomic mass is 35.5. The van der Waals surface area contributed by atoms with E-state index in [1.54, 1.807) is 17.0 Å². The van der Waals surface area contributed by atoms with Crippen molar-refractivity contribution >= 4 is 29.4 Å². The smallest absolute Gasteiger partial charge is 0.308 e. The molecule has 2 fully saturated rings. The van der Waals surface area contributed by atoms with Crippen LogP contribution in [0, 0.1) is 11.8 Å². The van der Waals surface area contributed by atoms with Crippen molar-refractivity contribution < 1.29 is 19.5 Å². The summed E-state index contributed by atoms with van der Waals surface area (Å²) in [5, 5.41) is 13.0. The van der Waals surface area contributed by atoms with Crippen molar-refractivity contribution in [1.82, 2.24) is 10.2 Å². The summed E-state index contributed by atoms with van der Waals surface area (Å²) < 4.78 is 0. The second-order valence-electron chi connectivity index (χ2n) is 7.07. The summed E-state index contributed by atoms with van der Waals surface area (Å²) in [6.45, 7) is 1.10. The van der Waals surface area contributed by atoms with Gasteiger partial charge in [-0.1, -0.05) is 23.7 Å². The lowest BCUT2D eigenvalue weighted by Crippen LogP contribution is -2.31. The van der Waals surface area contributed by atoms with Crippen LogP contribution in [-0.4, -0.2) is 47.4 Å². The van der Waals surface area contributed by atoms with Gasteiger partial charge in [0, 0.05) is 42.9 Å². The molecule has 7 heteroatoms. The second-order valence-corrected chi connectivity index (χ2v) is 7.51. The maximum atomic E-state index is 12.4. The van der Waals surface area contributed by atoms with E-state index < -0.39 is 11.9 Å². The molecular formula is C19H23ClN2O4. The molecule has 0 spiro atoms. The molecule has 140 valence electrons. The van der Waals surface area contributed by atoms with Gasteiger partial charge in [0.25, 0.3) is 0 Å². The third-order valence-electron chi connectivity index (χ3n) is 5.10. The van der Waals surface area contributed by atoms with E-state index in [2.05, 4.69) is 5.32 Å². The van der Waals surface area contributed by atoms with Gasteiger partial charge in [0.1, 0.15) is 0 Å². The summed E-state index contributed by atoms with van der Waals surface area (Å²) in [7, 11) is 0. The average Bonchev–Trinajstić information content (AvgIpc) is 3.37. The summed E-state index contributed by atoms with van der Waals surface area (Å²) >= 11 is 5.90. The van der Waals surface area contributed by atoms with Gasteiger partial charge in [-0.2, -0.15) is 0 Å². The quantitative estimate of drug-likeness (QED) is 0.712. The van der Waals surface area contributed by atoms with Crippen LogP contribution in [0.25, 0.3) is 0 Å². The van der Waals surface area contributed by atoms with Gasteiger partial charge in [0.05, 0.1) is 5.92 Å². The number of benzene rings is 1. The lowest BCUT2D eigenvalue weighted by atomic mass is 9.89. The van der Waals surface area contributed by atoms with E-state index in [1.165, 1.54) is 0 Å². The number of nitrogens with one attached hydrogen (secondary N) is 1. The Kier molecular flexibility index (Phi) is 5.81. The average molecular weight is 379 g/mol. The molecule has 1 aromatic carbocycles. The fourth-order valence-corrected chi connectivity index (χ4v) is 3.53. The van der Waals surface area contributed by atoms with Crippen LogP contribution < -0.4 is 5.32 Å². The molecule has 2 amide bonds. The zero-order valence-corrected chi connectivity index (χ0v) is 15.2. The first kappa shape index (κ1) is 18.7. The van der Waals surface area contributed by atoms with Crippen LogP contribution in [-0.2, 0) is 14.4 Å². The van der Waals surface area contributed by atoms with E-state index in [1.807, 2.05) is 12.1 Å². The number of carbonyl (C=O) groups is 3. The summed E-state index contributed by atoms with van der Waals surface area (Å²) in [4.78, 5) is 37.2. The van der Waals surface area contributed by atoms with Crippen molar-refractivity contribution in [2.24, 2.45) is 11.8 Å². The Morgan fingerprint density at radius 2 is 1.85 bits per heavy atom. The predicted octanol–water partition coefficient (Wildman–Crippen LogP) is 2.27. The third kappa shape index (κ3) is 4.55. The van der Waals surface area contributed by atoms with Gasteiger partial charge in [-0.05, 0) is 37.0 Å². The Hall–Kier alpha value is -2.08. The SMILES string of the molecule is O=C(NCCCC(=O)N1C[C@@H](C(=O)O)[C@H](c2ccc(Cl)cc2)C1)C1CC1. The van der Waals surface area contributed by atoms with Crippen LogP contribution in [0.3, 0.4) is 0 Å². The molecule has 1 heterocycles. The van der Waals surface area contributed by atoms with Crippen molar-refractivity contribution in [2.45, 2.75) is 31.6 Å². The Morgan fingerprint density at radius 1 is 1.15 bits per heavy atom. The largest absolute Gasteiger partial charge is 0.481 e. The van der Waals surface area contributed by atoms with Crippen LogP contribution in [0.5, 0.6) is 0 Å². The van der Waals surface area contributed by atoms with Crippen LogP contribution in [0.1, 0.15) is 37.2 Å². The number of rotatable bonds is 7. The number of carboxylic acid groups (broad SMARTS) is 1. The molecule has 1 aliphatic carbocycles. The number of carbonyl (C=O) groups excluding carboxylic acids is 2. The zero-order chi connectivity index (χ0) is 18.7. The van der Waals surface area contributed by atoms with E-state index in [4.69, 9.17) is 11.6 Å². The van der Waals surface area contributed by atoms with Gasteiger partial charge >= 0.3 is 5.97 Å². The Bertz CT molecular complexity index is 687. The van der Waals surface area contributed by atoms with E-state index in [9.17, 15) is 19.5 Å². The first-order chi connectivity index (χ1) is 12.5. The van der Waals surface area contributed by atoms with E-state index in [-0.39, 0.29) is 30.2 Å². The number of aliphatic carboxylic acids is 1. The molecule has 0 aromatic heterocycles. The van der Waals surface area contributed by atoms with E-state index >= 15 is 0 Å². The van der Waals surface area contributed by atoms with Crippen molar-refractivity contribution in [3.05, 3.63) is 34.9 Å². The number of amides is 2. The zero-order valence-electron chi connectivity index (χ0n) is 14.5. The molecule has 0 bridgehead atoms. The first-order valence-corrected chi connectivity index (χ1v) is 9.37. The highest BCUT2D eigenvalue weighted by molar-refractivity contribution is 6.30. The molecule has 2 N–H and O–H groups in total. The summed E-state index contributed by atoms with van der Waals surface area (Å²) in [5.74, 6) is -1.56. The summed E-state index contributed by atoms with van der Waals surface area (Å²) in [6.07, 6.45) is 2.80. The number of likely N-dealkylation sites (tertiary alicyclic amines) is 1. The van der Waals surface area contributed by atoms with Gasteiger partial charge < -0.3 is 15.3 Å². The van der Waals surface area contributed by atoms with Crippen molar-refractivity contribution in [3.63, 3.8) is 0 Å². The molecule has 1 aliphatic heterocycles. The molecular weight excluding hydrogens is 356 g/mol. The molecule has 2 aliphatic rings. The van der Waals surface area contributed by atoms with Gasteiger partial charge in [-0.15, -0.1) is 0 Å². The van der Waals surface area contributed by atoms with Crippen molar-refractivity contribution in [3.8, 4) is 0 Å². The maximum Gasteiger partial charge on any atom is 0.308 e. The number of carboxylic acids is 1. The highest BCUT2D eigenvalue weighted by Gasteiger charge is 2.40. The minimum Gasteiger partial charge on any atom is -0.481 e. The Morgan fingerprint density at radius 3 is 2.46 bits per heavy atom. The van der Waals surface area contributed by atoms with Crippen LogP contribution in [0.4, 0.5) is 0 Å². The normalized spacial score (nSPS) is 22.3. The molecule has 26 heavy (non-hydrogen) atoms. The lowest BCUT2D eigenvalue weighted by Gasteiger charge is -2.16. The first-order valence-electron chi connectivity index (χ1n) is 8.99.